The summed E-state index contributed by atoms with van der Waals surface area (Å²) >= 11 is 0. The van der Waals surface area contributed by atoms with E-state index in [0.717, 1.165) is 35.8 Å². The number of amides is 1. The standard InChI is InChI=1S/C16H17N3O2.2ClH/c1-11-2-3-12(10-18-11)16(20)19-14-4-5-15-13(8-14)9-17-6-7-21-15;;/h2-5,8,10,17H,6-7,9H2,1H3,(H,19,20);2*1H. The Kier molecular flexibility index (Phi) is 7.29. The molecule has 0 spiro atoms. The summed E-state index contributed by atoms with van der Waals surface area (Å²) in [6.45, 7) is 4.12. The van der Waals surface area contributed by atoms with Crippen LogP contribution in [0.1, 0.15) is 21.6 Å². The fourth-order valence-corrected chi connectivity index (χ4v) is 2.20. The third-order valence-electron chi connectivity index (χ3n) is 3.34. The molecule has 1 aromatic carbocycles. The summed E-state index contributed by atoms with van der Waals surface area (Å²) in [5.74, 6) is 0.708. The molecule has 0 radical (unpaired) electrons. The van der Waals surface area contributed by atoms with Crippen molar-refractivity contribution in [1.82, 2.24) is 10.3 Å². The Bertz CT molecular complexity index is 663. The third-order valence-corrected chi connectivity index (χ3v) is 3.34. The molecule has 5 nitrogen and oxygen atoms in total. The maximum atomic E-state index is 12.2. The zero-order valence-electron chi connectivity index (χ0n) is 12.7. The minimum Gasteiger partial charge on any atom is -0.492 e. The van der Waals surface area contributed by atoms with Crippen molar-refractivity contribution in [2.45, 2.75) is 13.5 Å². The van der Waals surface area contributed by atoms with Gasteiger partial charge in [-0.05, 0) is 37.3 Å². The van der Waals surface area contributed by atoms with E-state index in [4.69, 9.17) is 4.74 Å². The first kappa shape index (κ1) is 19.2. The first-order valence-electron chi connectivity index (χ1n) is 6.93. The predicted octanol–water partition coefficient (Wildman–Crippen LogP) is 2.97. The van der Waals surface area contributed by atoms with Gasteiger partial charge in [-0.3, -0.25) is 9.78 Å². The van der Waals surface area contributed by atoms with Gasteiger partial charge >= 0.3 is 0 Å². The quantitative estimate of drug-likeness (QED) is 0.869. The molecule has 1 amide bonds. The predicted molar refractivity (Wildman–Crippen MR) is 95.1 cm³/mol. The van der Waals surface area contributed by atoms with Crippen molar-refractivity contribution in [1.29, 1.82) is 0 Å². The second-order valence-electron chi connectivity index (χ2n) is 4.99. The molecule has 2 N–H and O–H groups in total. The number of fused-ring (bicyclic) bond motifs is 1. The fraction of sp³-hybridized carbons (Fsp3) is 0.250. The van der Waals surface area contributed by atoms with Gasteiger partial charge in [-0.1, -0.05) is 0 Å². The average molecular weight is 356 g/mol. The van der Waals surface area contributed by atoms with Crippen molar-refractivity contribution in [2.75, 3.05) is 18.5 Å². The number of hydrogen-bond donors (Lipinski definition) is 2. The molecule has 0 saturated carbocycles. The Morgan fingerprint density at radius 2 is 2.09 bits per heavy atom. The van der Waals surface area contributed by atoms with E-state index in [2.05, 4.69) is 15.6 Å². The van der Waals surface area contributed by atoms with E-state index < -0.39 is 0 Å². The summed E-state index contributed by atoms with van der Waals surface area (Å²) < 4.78 is 5.62. The van der Waals surface area contributed by atoms with Crippen LogP contribution in [0.5, 0.6) is 5.75 Å². The van der Waals surface area contributed by atoms with Crippen molar-refractivity contribution in [3.8, 4) is 5.75 Å². The molecular formula is C16H19Cl2N3O2. The summed E-state index contributed by atoms with van der Waals surface area (Å²) in [4.78, 5) is 16.3. The number of hydrogen-bond acceptors (Lipinski definition) is 4. The Labute approximate surface area is 147 Å². The highest BCUT2D eigenvalue weighted by molar-refractivity contribution is 6.04. The molecule has 2 aromatic rings. The maximum absolute atomic E-state index is 12.2. The zero-order valence-corrected chi connectivity index (χ0v) is 14.3. The number of carbonyl (C=O) groups is 1. The van der Waals surface area contributed by atoms with Gasteiger partial charge in [0.05, 0.1) is 5.56 Å². The van der Waals surface area contributed by atoms with Crippen LogP contribution in [0, 0.1) is 6.92 Å². The molecule has 0 saturated heterocycles. The van der Waals surface area contributed by atoms with Crippen molar-refractivity contribution in [3.63, 3.8) is 0 Å². The van der Waals surface area contributed by atoms with Gasteiger partial charge in [0.2, 0.25) is 0 Å². The van der Waals surface area contributed by atoms with E-state index in [9.17, 15) is 4.79 Å². The van der Waals surface area contributed by atoms with Gasteiger partial charge in [0, 0.05) is 36.2 Å². The lowest BCUT2D eigenvalue weighted by atomic mass is 10.1. The van der Waals surface area contributed by atoms with E-state index in [0.29, 0.717) is 12.2 Å². The van der Waals surface area contributed by atoms with Crippen LogP contribution in [0.3, 0.4) is 0 Å². The summed E-state index contributed by atoms with van der Waals surface area (Å²) in [5.41, 5.74) is 3.24. The Morgan fingerprint density at radius 1 is 1.26 bits per heavy atom. The molecule has 1 aromatic heterocycles. The summed E-state index contributed by atoms with van der Waals surface area (Å²) in [7, 11) is 0. The van der Waals surface area contributed by atoms with Crippen LogP contribution >= 0.6 is 24.8 Å². The molecule has 1 aliphatic heterocycles. The van der Waals surface area contributed by atoms with Gasteiger partial charge in [0.25, 0.3) is 5.91 Å². The van der Waals surface area contributed by atoms with Crippen molar-refractivity contribution < 1.29 is 9.53 Å². The van der Waals surface area contributed by atoms with Gasteiger partial charge < -0.3 is 15.4 Å². The number of nitrogens with one attached hydrogen (secondary N) is 2. The molecule has 0 fully saturated rings. The molecule has 2 heterocycles. The smallest absolute Gasteiger partial charge is 0.257 e. The molecule has 0 aliphatic carbocycles. The molecule has 0 bridgehead atoms. The first-order chi connectivity index (χ1) is 10.2. The summed E-state index contributed by atoms with van der Waals surface area (Å²) in [6.07, 6.45) is 1.58. The van der Waals surface area contributed by atoms with Crippen LogP contribution in [0.15, 0.2) is 36.5 Å². The number of rotatable bonds is 2. The highest BCUT2D eigenvalue weighted by atomic mass is 35.5. The zero-order chi connectivity index (χ0) is 14.7. The van der Waals surface area contributed by atoms with E-state index in [1.165, 1.54) is 0 Å². The number of halogens is 2. The van der Waals surface area contributed by atoms with E-state index in [1.807, 2.05) is 31.2 Å². The first-order valence-corrected chi connectivity index (χ1v) is 6.93. The van der Waals surface area contributed by atoms with Crippen LogP contribution < -0.4 is 15.4 Å². The number of anilines is 1. The second kappa shape index (κ2) is 8.72. The van der Waals surface area contributed by atoms with Crippen LogP contribution in [0.25, 0.3) is 0 Å². The lowest BCUT2D eigenvalue weighted by Crippen LogP contribution is -2.16. The van der Waals surface area contributed by atoms with Crippen LogP contribution in [-0.2, 0) is 6.54 Å². The number of nitrogens with zero attached hydrogens (tertiary/aromatic N) is 1. The van der Waals surface area contributed by atoms with Crippen LogP contribution in [0.4, 0.5) is 5.69 Å². The second-order valence-corrected chi connectivity index (χ2v) is 4.99. The van der Waals surface area contributed by atoms with Crippen molar-refractivity contribution >= 4 is 36.4 Å². The molecule has 1 aliphatic rings. The topological polar surface area (TPSA) is 63.2 Å². The van der Waals surface area contributed by atoms with Gasteiger partial charge in [-0.15, -0.1) is 24.8 Å². The molecule has 23 heavy (non-hydrogen) atoms. The molecular weight excluding hydrogens is 337 g/mol. The van der Waals surface area contributed by atoms with Gasteiger partial charge in [-0.2, -0.15) is 0 Å². The average Bonchev–Trinajstić information content (AvgIpc) is 2.72. The number of benzene rings is 1. The largest absolute Gasteiger partial charge is 0.492 e. The van der Waals surface area contributed by atoms with Crippen LogP contribution in [-0.4, -0.2) is 24.0 Å². The highest BCUT2D eigenvalue weighted by Gasteiger charge is 2.11. The SMILES string of the molecule is Cc1ccc(C(=O)Nc2ccc3c(c2)CNCCO3)cn1.Cl.Cl. The van der Waals surface area contributed by atoms with Crippen molar-refractivity contribution in [3.05, 3.63) is 53.3 Å². The van der Waals surface area contributed by atoms with E-state index in [-0.39, 0.29) is 30.7 Å². The molecule has 7 heteroatoms. The molecule has 0 unspecified atom stereocenters. The summed E-state index contributed by atoms with van der Waals surface area (Å²) in [5, 5.41) is 6.16. The number of carbonyl (C=O) groups excluding carboxylic acids is 1. The molecule has 0 atom stereocenters. The van der Waals surface area contributed by atoms with E-state index >= 15 is 0 Å². The Morgan fingerprint density at radius 3 is 2.83 bits per heavy atom. The van der Waals surface area contributed by atoms with E-state index in [1.54, 1.807) is 12.3 Å². The minimum atomic E-state index is -0.162. The van der Waals surface area contributed by atoms with Gasteiger partial charge in [0.15, 0.2) is 0 Å². The lowest BCUT2D eigenvalue weighted by molar-refractivity contribution is 0.102. The molecule has 3 rings (SSSR count). The fourth-order valence-electron chi connectivity index (χ4n) is 2.20. The molecule has 124 valence electrons. The third kappa shape index (κ3) is 4.82. The van der Waals surface area contributed by atoms with Crippen LogP contribution in [0.2, 0.25) is 0 Å². The Hall–Kier alpha value is -1.82. The maximum Gasteiger partial charge on any atom is 0.257 e. The summed E-state index contributed by atoms with van der Waals surface area (Å²) in [6, 6.07) is 9.28. The normalized spacial score (nSPS) is 12.6. The number of pyridine rings is 1. The number of aryl methyl sites for hydroxylation is 1. The minimum absolute atomic E-state index is 0. The highest BCUT2D eigenvalue weighted by Crippen LogP contribution is 2.24. The van der Waals surface area contributed by atoms with Gasteiger partial charge in [-0.25, -0.2) is 0 Å². The van der Waals surface area contributed by atoms with Gasteiger partial charge in [0.1, 0.15) is 12.4 Å². The number of ether oxygens (including phenoxy) is 1. The lowest BCUT2D eigenvalue weighted by Gasteiger charge is -2.10. The Balaban J connectivity index is 0.00000132. The van der Waals surface area contributed by atoms with Crippen molar-refractivity contribution in [2.24, 2.45) is 0 Å². The number of aromatic nitrogens is 1. The monoisotopic (exact) mass is 355 g/mol.